The van der Waals surface area contributed by atoms with Gasteiger partial charge >= 0.3 is 0 Å². The Balaban J connectivity index is 1.76. The molecule has 0 heterocycles. The molecule has 2 atom stereocenters. The highest BCUT2D eigenvalue weighted by Crippen LogP contribution is 2.31. The van der Waals surface area contributed by atoms with Gasteiger partial charge in [-0.2, -0.15) is 0 Å². The van der Waals surface area contributed by atoms with E-state index in [1.807, 2.05) is 42.5 Å². The quantitative estimate of drug-likeness (QED) is 0.429. The molecule has 5 nitrogen and oxygen atoms in total. The number of hydrogen-bond donors (Lipinski definition) is 0. The molecule has 1 aliphatic rings. The molecule has 0 saturated heterocycles. The Bertz CT molecular complexity index is 1010. The predicted molar refractivity (Wildman–Crippen MR) is 124 cm³/mol. The van der Waals surface area contributed by atoms with Crippen LogP contribution >= 0.6 is 0 Å². The van der Waals surface area contributed by atoms with Gasteiger partial charge in [0, 0.05) is 19.8 Å². The predicted octanol–water partition coefficient (Wildman–Crippen LogP) is 5.06. The van der Waals surface area contributed by atoms with Gasteiger partial charge in [-0.15, -0.1) is 0 Å². The number of para-hydroxylation sites is 1. The second kappa shape index (κ2) is 9.63. The molecule has 32 heavy (non-hydrogen) atoms. The van der Waals surface area contributed by atoms with Crippen molar-refractivity contribution in [2.45, 2.75) is 44.3 Å². The Morgan fingerprint density at radius 3 is 2.19 bits per heavy atom. The third kappa shape index (κ3) is 5.06. The molecule has 0 aromatic heterocycles. The number of carbonyl (C=O) groups is 2. The van der Waals surface area contributed by atoms with Gasteiger partial charge in [0.05, 0.1) is 6.42 Å². The molecule has 0 bridgehead atoms. The first-order valence-electron chi connectivity index (χ1n) is 10.6. The van der Waals surface area contributed by atoms with E-state index in [0.29, 0.717) is 17.1 Å². The van der Waals surface area contributed by atoms with E-state index >= 15 is 0 Å². The second-order valence-corrected chi connectivity index (χ2v) is 8.82. The summed E-state index contributed by atoms with van der Waals surface area (Å²) in [4.78, 5) is 26.1. The zero-order valence-electron chi connectivity index (χ0n) is 19.3. The molecule has 0 fully saturated rings. The van der Waals surface area contributed by atoms with Crippen LogP contribution in [0.2, 0.25) is 0 Å². The zero-order valence-corrected chi connectivity index (χ0v) is 19.3. The number of ketones is 2. The average molecular weight is 435 g/mol. The average Bonchev–Trinajstić information content (AvgIpc) is 2.79. The first kappa shape index (κ1) is 23.6. The Morgan fingerprint density at radius 1 is 0.969 bits per heavy atom. The molecular formula is C27H30O5. The second-order valence-electron chi connectivity index (χ2n) is 8.82. The monoisotopic (exact) mass is 434 g/mol. The summed E-state index contributed by atoms with van der Waals surface area (Å²) >= 11 is 0. The number of Topliss-reactive ketones (excluding diaryl/α,β-unsaturated/α-hetero) is 2. The van der Waals surface area contributed by atoms with Gasteiger partial charge in [0.25, 0.3) is 0 Å². The SMILES string of the molecule is COC1C=C(Oc2ccccc2)C=CC1(OC)C(=O)CC(=O)c1ccc(C(C)(C)C)cc1. The molecule has 168 valence electrons. The van der Waals surface area contributed by atoms with Crippen LogP contribution in [0, 0.1) is 0 Å². The third-order valence-corrected chi connectivity index (χ3v) is 5.63. The van der Waals surface area contributed by atoms with Gasteiger partial charge in [-0.05, 0) is 41.3 Å². The Kier molecular flexibility index (Phi) is 7.12. The molecule has 3 rings (SSSR count). The van der Waals surface area contributed by atoms with Gasteiger partial charge in [0.1, 0.15) is 17.6 Å². The lowest BCUT2D eigenvalue weighted by molar-refractivity contribution is -0.145. The zero-order chi connectivity index (χ0) is 23.4. The normalized spacial score (nSPS) is 20.5. The Morgan fingerprint density at radius 2 is 1.62 bits per heavy atom. The highest BCUT2D eigenvalue weighted by Gasteiger charge is 2.46. The smallest absolute Gasteiger partial charge is 0.179 e. The standard InChI is InChI=1S/C27H30O5/c1-26(2,3)20-13-11-19(12-14-20)23(28)18-24(29)27(31-5)16-15-22(17-25(27)30-4)32-21-9-7-6-8-10-21/h6-17,25H,18H2,1-5H3. The largest absolute Gasteiger partial charge is 0.458 e. The number of hydrogen-bond acceptors (Lipinski definition) is 5. The Hall–Kier alpha value is -3.02. The van der Waals surface area contributed by atoms with Crippen LogP contribution < -0.4 is 4.74 Å². The van der Waals surface area contributed by atoms with Gasteiger partial charge in [-0.25, -0.2) is 0 Å². The molecule has 0 spiro atoms. The molecule has 1 aliphatic carbocycles. The number of allylic oxidation sites excluding steroid dienone is 1. The lowest BCUT2D eigenvalue weighted by Crippen LogP contribution is -2.51. The lowest BCUT2D eigenvalue weighted by Gasteiger charge is -2.35. The molecular weight excluding hydrogens is 404 g/mol. The molecule has 0 N–H and O–H groups in total. The maximum atomic E-state index is 13.2. The van der Waals surface area contributed by atoms with E-state index in [4.69, 9.17) is 14.2 Å². The van der Waals surface area contributed by atoms with Crippen LogP contribution in [-0.4, -0.2) is 37.5 Å². The molecule has 2 aromatic carbocycles. The third-order valence-electron chi connectivity index (χ3n) is 5.63. The van der Waals surface area contributed by atoms with Gasteiger partial charge in [-0.3, -0.25) is 9.59 Å². The van der Waals surface area contributed by atoms with E-state index in [9.17, 15) is 9.59 Å². The van der Waals surface area contributed by atoms with E-state index in [2.05, 4.69) is 20.8 Å². The Labute approximate surface area is 189 Å². The number of ether oxygens (including phenoxy) is 3. The van der Waals surface area contributed by atoms with Crippen molar-refractivity contribution in [3.8, 4) is 5.75 Å². The molecule has 0 radical (unpaired) electrons. The van der Waals surface area contributed by atoms with E-state index in [1.54, 1.807) is 30.4 Å². The van der Waals surface area contributed by atoms with Gasteiger partial charge in [0.15, 0.2) is 17.2 Å². The number of methoxy groups -OCH3 is 2. The summed E-state index contributed by atoms with van der Waals surface area (Å²) in [5.74, 6) is 0.574. The van der Waals surface area contributed by atoms with Crippen LogP contribution in [0.3, 0.4) is 0 Å². The summed E-state index contributed by atoms with van der Waals surface area (Å²) in [5, 5.41) is 0. The fraction of sp³-hybridized carbons (Fsp3) is 0.333. The van der Waals surface area contributed by atoms with Crippen molar-refractivity contribution < 1.29 is 23.8 Å². The van der Waals surface area contributed by atoms with E-state index < -0.39 is 11.7 Å². The van der Waals surface area contributed by atoms with E-state index in [0.717, 1.165) is 5.56 Å². The maximum absolute atomic E-state index is 13.2. The summed E-state index contributed by atoms with van der Waals surface area (Å²) in [6.07, 6.45) is 3.94. The summed E-state index contributed by atoms with van der Waals surface area (Å²) in [5.41, 5.74) is 0.204. The minimum atomic E-state index is -1.40. The van der Waals surface area contributed by atoms with Crippen LogP contribution in [-0.2, 0) is 19.7 Å². The number of benzene rings is 2. The molecule has 2 aromatic rings. The van der Waals surface area contributed by atoms with Crippen molar-refractivity contribution in [2.75, 3.05) is 14.2 Å². The first-order chi connectivity index (χ1) is 15.2. The fourth-order valence-electron chi connectivity index (χ4n) is 3.66. The van der Waals surface area contributed by atoms with Crippen molar-refractivity contribution in [2.24, 2.45) is 0 Å². The summed E-state index contributed by atoms with van der Waals surface area (Å²) in [6, 6.07) is 16.7. The van der Waals surface area contributed by atoms with E-state index in [-0.39, 0.29) is 23.4 Å². The molecule has 0 saturated carbocycles. The van der Waals surface area contributed by atoms with Crippen molar-refractivity contribution in [1.29, 1.82) is 0 Å². The lowest BCUT2D eigenvalue weighted by atomic mass is 9.83. The highest BCUT2D eigenvalue weighted by atomic mass is 16.5. The number of carbonyl (C=O) groups excluding carboxylic acids is 2. The topological polar surface area (TPSA) is 61.8 Å². The molecule has 5 heteroatoms. The summed E-state index contributed by atoms with van der Waals surface area (Å²) < 4.78 is 17.0. The summed E-state index contributed by atoms with van der Waals surface area (Å²) in [7, 11) is 2.93. The highest BCUT2D eigenvalue weighted by molar-refractivity contribution is 6.11. The minimum absolute atomic E-state index is 0.0120. The van der Waals surface area contributed by atoms with Crippen LogP contribution in [0.4, 0.5) is 0 Å². The van der Waals surface area contributed by atoms with E-state index in [1.165, 1.54) is 14.2 Å². The molecule has 2 unspecified atom stereocenters. The van der Waals surface area contributed by atoms with Crippen molar-refractivity contribution >= 4 is 11.6 Å². The van der Waals surface area contributed by atoms with Crippen molar-refractivity contribution in [1.82, 2.24) is 0 Å². The van der Waals surface area contributed by atoms with Gasteiger partial charge < -0.3 is 14.2 Å². The van der Waals surface area contributed by atoms with Crippen LogP contribution in [0.5, 0.6) is 5.75 Å². The maximum Gasteiger partial charge on any atom is 0.179 e. The van der Waals surface area contributed by atoms with Gasteiger partial charge in [-0.1, -0.05) is 63.2 Å². The van der Waals surface area contributed by atoms with Crippen LogP contribution in [0.1, 0.15) is 43.1 Å². The van der Waals surface area contributed by atoms with Crippen LogP contribution in [0.15, 0.2) is 78.6 Å². The molecule has 0 aliphatic heterocycles. The molecule has 0 amide bonds. The summed E-state index contributed by atoms with van der Waals surface area (Å²) in [6.45, 7) is 6.33. The number of rotatable bonds is 8. The van der Waals surface area contributed by atoms with Crippen molar-refractivity contribution in [3.05, 3.63) is 89.7 Å². The van der Waals surface area contributed by atoms with Crippen LogP contribution in [0.25, 0.3) is 0 Å². The minimum Gasteiger partial charge on any atom is -0.458 e. The van der Waals surface area contributed by atoms with Crippen molar-refractivity contribution in [3.63, 3.8) is 0 Å². The first-order valence-corrected chi connectivity index (χ1v) is 10.6. The fourth-order valence-corrected chi connectivity index (χ4v) is 3.66. The van der Waals surface area contributed by atoms with Gasteiger partial charge in [0.2, 0.25) is 0 Å².